The van der Waals surface area contributed by atoms with E-state index in [4.69, 9.17) is 0 Å². The molecule has 0 spiro atoms. The van der Waals surface area contributed by atoms with Gasteiger partial charge in [0.15, 0.2) is 0 Å². The van der Waals surface area contributed by atoms with Crippen molar-refractivity contribution in [2.45, 2.75) is 46.2 Å². The van der Waals surface area contributed by atoms with Crippen LogP contribution < -0.4 is 5.32 Å². The van der Waals surface area contributed by atoms with Crippen molar-refractivity contribution in [2.75, 3.05) is 0 Å². The van der Waals surface area contributed by atoms with Gasteiger partial charge in [0.2, 0.25) is 0 Å². The fourth-order valence-corrected chi connectivity index (χ4v) is 3.07. The van der Waals surface area contributed by atoms with Gasteiger partial charge in [-0.15, -0.1) is 0 Å². The van der Waals surface area contributed by atoms with Gasteiger partial charge < -0.3 is 5.32 Å². The molecular weight excluding hydrogens is 274 g/mol. The SMILES string of the molecule is Cc1ccc(CNC2CCC(C)C2C)cc1Br. The molecule has 2 heteroatoms. The lowest BCUT2D eigenvalue weighted by Crippen LogP contribution is -2.31. The van der Waals surface area contributed by atoms with E-state index in [1.165, 1.54) is 28.4 Å². The van der Waals surface area contributed by atoms with Crippen molar-refractivity contribution in [1.29, 1.82) is 0 Å². The fraction of sp³-hybridized carbons (Fsp3) is 0.600. The van der Waals surface area contributed by atoms with Crippen molar-refractivity contribution in [3.8, 4) is 0 Å². The normalized spacial score (nSPS) is 28.6. The van der Waals surface area contributed by atoms with Crippen molar-refractivity contribution in [3.63, 3.8) is 0 Å². The van der Waals surface area contributed by atoms with E-state index in [2.05, 4.69) is 60.2 Å². The zero-order valence-electron chi connectivity index (χ0n) is 11.0. The summed E-state index contributed by atoms with van der Waals surface area (Å²) in [5.41, 5.74) is 2.67. The van der Waals surface area contributed by atoms with Gasteiger partial charge in [-0.1, -0.05) is 41.9 Å². The summed E-state index contributed by atoms with van der Waals surface area (Å²) in [6.07, 6.45) is 2.70. The molecule has 94 valence electrons. The van der Waals surface area contributed by atoms with E-state index in [1.54, 1.807) is 0 Å². The lowest BCUT2D eigenvalue weighted by atomic mass is 9.97. The van der Waals surface area contributed by atoms with Crippen LogP contribution in [0.15, 0.2) is 22.7 Å². The first-order valence-electron chi connectivity index (χ1n) is 6.56. The van der Waals surface area contributed by atoms with E-state index in [0.717, 1.165) is 18.4 Å². The number of nitrogens with one attached hydrogen (secondary N) is 1. The van der Waals surface area contributed by atoms with Crippen LogP contribution in [0.1, 0.15) is 37.8 Å². The lowest BCUT2D eigenvalue weighted by molar-refractivity contribution is 0.370. The molecule has 17 heavy (non-hydrogen) atoms. The summed E-state index contributed by atoms with van der Waals surface area (Å²) in [7, 11) is 0. The molecule has 1 aromatic carbocycles. The van der Waals surface area contributed by atoms with Gasteiger partial charge in [-0.2, -0.15) is 0 Å². The molecule has 1 N–H and O–H groups in total. The molecule has 2 rings (SSSR count). The Hall–Kier alpha value is -0.340. The summed E-state index contributed by atoms with van der Waals surface area (Å²) >= 11 is 3.59. The Labute approximate surface area is 113 Å². The highest BCUT2D eigenvalue weighted by molar-refractivity contribution is 9.10. The maximum atomic E-state index is 3.70. The fourth-order valence-electron chi connectivity index (χ4n) is 2.65. The lowest BCUT2D eigenvalue weighted by Gasteiger charge is -2.20. The number of hydrogen-bond acceptors (Lipinski definition) is 1. The third kappa shape index (κ3) is 3.11. The van der Waals surface area contributed by atoms with Gasteiger partial charge >= 0.3 is 0 Å². The van der Waals surface area contributed by atoms with Gasteiger partial charge in [0.05, 0.1) is 0 Å². The first kappa shape index (κ1) is 13.1. The van der Waals surface area contributed by atoms with E-state index < -0.39 is 0 Å². The molecule has 1 aliphatic carbocycles. The Morgan fingerprint density at radius 3 is 2.65 bits per heavy atom. The summed E-state index contributed by atoms with van der Waals surface area (Å²) < 4.78 is 1.21. The third-order valence-electron chi connectivity index (χ3n) is 4.27. The van der Waals surface area contributed by atoms with Gasteiger partial charge in [0.1, 0.15) is 0 Å². The molecule has 1 saturated carbocycles. The Kier molecular flexibility index (Phi) is 4.26. The second-order valence-electron chi connectivity index (χ2n) is 5.48. The summed E-state index contributed by atoms with van der Waals surface area (Å²) in [4.78, 5) is 0. The summed E-state index contributed by atoms with van der Waals surface area (Å²) in [6.45, 7) is 7.86. The maximum absolute atomic E-state index is 3.70. The van der Waals surface area contributed by atoms with Crippen LogP contribution in [-0.2, 0) is 6.54 Å². The van der Waals surface area contributed by atoms with Gasteiger partial charge in [0.25, 0.3) is 0 Å². The minimum absolute atomic E-state index is 0.699. The largest absolute Gasteiger partial charge is 0.310 e. The number of rotatable bonds is 3. The predicted molar refractivity (Wildman–Crippen MR) is 77.1 cm³/mol. The first-order chi connectivity index (χ1) is 8.08. The molecule has 0 amide bonds. The number of halogens is 1. The zero-order chi connectivity index (χ0) is 12.4. The average Bonchev–Trinajstić information content (AvgIpc) is 2.62. The first-order valence-corrected chi connectivity index (χ1v) is 7.35. The highest BCUT2D eigenvalue weighted by Crippen LogP contribution is 2.31. The molecule has 1 aromatic rings. The summed E-state index contributed by atoms with van der Waals surface area (Å²) in [6, 6.07) is 7.33. The topological polar surface area (TPSA) is 12.0 Å². The molecule has 1 nitrogen and oxygen atoms in total. The Balaban J connectivity index is 1.92. The Morgan fingerprint density at radius 2 is 2.06 bits per heavy atom. The van der Waals surface area contributed by atoms with Gasteiger partial charge in [-0.25, -0.2) is 0 Å². The van der Waals surface area contributed by atoms with Crippen LogP contribution in [0, 0.1) is 18.8 Å². The number of aryl methyl sites for hydroxylation is 1. The maximum Gasteiger partial charge on any atom is 0.0208 e. The molecule has 0 heterocycles. The molecule has 0 radical (unpaired) electrons. The van der Waals surface area contributed by atoms with Gasteiger partial charge in [-0.3, -0.25) is 0 Å². The second kappa shape index (κ2) is 5.53. The van der Waals surface area contributed by atoms with Crippen LogP contribution in [0.25, 0.3) is 0 Å². The predicted octanol–water partition coefficient (Wildman–Crippen LogP) is 4.28. The van der Waals surface area contributed by atoms with E-state index in [0.29, 0.717) is 6.04 Å². The zero-order valence-corrected chi connectivity index (χ0v) is 12.5. The summed E-state index contributed by atoms with van der Waals surface area (Å²) in [5.74, 6) is 1.68. The van der Waals surface area contributed by atoms with Crippen molar-refractivity contribution in [2.24, 2.45) is 11.8 Å². The van der Waals surface area contributed by atoms with E-state index in [-0.39, 0.29) is 0 Å². The minimum Gasteiger partial charge on any atom is -0.310 e. The number of hydrogen-bond donors (Lipinski definition) is 1. The quantitative estimate of drug-likeness (QED) is 0.877. The molecule has 0 aromatic heterocycles. The van der Waals surface area contributed by atoms with E-state index >= 15 is 0 Å². The molecular formula is C15H22BrN. The van der Waals surface area contributed by atoms with Gasteiger partial charge in [-0.05, 0) is 48.8 Å². The van der Waals surface area contributed by atoms with E-state index in [9.17, 15) is 0 Å². The van der Waals surface area contributed by atoms with Crippen LogP contribution in [0.2, 0.25) is 0 Å². The number of benzene rings is 1. The highest BCUT2D eigenvalue weighted by atomic mass is 79.9. The molecule has 0 bridgehead atoms. The molecule has 1 fully saturated rings. The highest BCUT2D eigenvalue weighted by Gasteiger charge is 2.28. The van der Waals surface area contributed by atoms with Crippen LogP contribution in [-0.4, -0.2) is 6.04 Å². The Bertz CT molecular complexity index is 389. The van der Waals surface area contributed by atoms with Crippen LogP contribution >= 0.6 is 15.9 Å². The molecule has 3 unspecified atom stereocenters. The van der Waals surface area contributed by atoms with Crippen LogP contribution in [0.3, 0.4) is 0 Å². The van der Waals surface area contributed by atoms with E-state index in [1.807, 2.05) is 0 Å². The van der Waals surface area contributed by atoms with Crippen molar-refractivity contribution < 1.29 is 0 Å². The monoisotopic (exact) mass is 295 g/mol. The summed E-state index contributed by atoms with van der Waals surface area (Å²) in [5, 5.41) is 3.70. The second-order valence-corrected chi connectivity index (χ2v) is 6.34. The van der Waals surface area contributed by atoms with Crippen molar-refractivity contribution >= 4 is 15.9 Å². The van der Waals surface area contributed by atoms with Crippen molar-refractivity contribution in [1.82, 2.24) is 5.32 Å². The standard InChI is InChI=1S/C15H22BrN/c1-10-5-7-15(12(10)3)17-9-13-6-4-11(2)14(16)8-13/h4,6,8,10,12,15,17H,5,7,9H2,1-3H3. The molecule has 3 atom stereocenters. The minimum atomic E-state index is 0.699. The van der Waals surface area contributed by atoms with Crippen LogP contribution in [0.4, 0.5) is 0 Å². The molecule has 0 saturated heterocycles. The van der Waals surface area contributed by atoms with Gasteiger partial charge in [0, 0.05) is 17.1 Å². The molecule has 1 aliphatic rings. The van der Waals surface area contributed by atoms with Crippen LogP contribution in [0.5, 0.6) is 0 Å². The third-order valence-corrected chi connectivity index (χ3v) is 5.12. The Morgan fingerprint density at radius 1 is 1.29 bits per heavy atom. The molecule has 0 aliphatic heterocycles. The van der Waals surface area contributed by atoms with Crippen molar-refractivity contribution in [3.05, 3.63) is 33.8 Å². The smallest absolute Gasteiger partial charge is 0.0208 e. The average molecular weight is 296 g/mol.